The molecule has 18 heavy (non-hydrogen) atoms. The van der Waals surface area contributed by atoms with Crippen LogP contribution in [0.5, 0.6) is 0 Å². The van der Waals surface area contributed by atoms with E-state index in [1.165, 1.54) is 0 Å². The van der Waals surface area contributed by atoms with Crippen molar-refractivity contribution in [1.82, 2.24) is 10.2 Å². The highest BCUT2D eigenvalue weighted by molar-refractivity contribution is 4.94. The van der Waals surface area contributed by atoms with E-state index in [2.05, 4.69) is 57.8 Å². The lowest BCUT2D eigenvalue weighted by Gasteiger charge is -2.33. The van der Waals surface area contributed by atoms with Crippen LogP contribution in [-0.2, 0) is 0 Å². The average Bonchev–Trinajstić information content (AvgIpc) is 2.28. The van der Waals surface area contributed by atoms with Gasteiger partial charge in [-0.15, -0.1) is 0 Å². The summed E-state index contributed by atoms with van der Waals surface area (Å²) < 4.78 is 0. The van der Waals surface area contributed by atoms with Gasteiger partial charge in [-0.05, 0) is 32.6 Å². The largest absolute Gasteiger partial charge is 0.299 e. The van der Waals surface area contributed by atoms with Crippen molar-refractivity contribution in [2.75, 3.05) is 13.1 Å². The van der Waals surface area contributed by atoms with Crippen LogP contribution in [0.25, 0.3) is 0 Å². The summed E-state index contributed by atoms with van der Waals surface area (Å²) in [6.07, 6.45) is 2.31. The molecule has 0 amide bonds. The minimum atomic E-state index is -0.0654. The van der Waals surface area contributed by atoms with E-state index in [-0.39, 0.29) is 6.04 Å². The van der Waals surface area contributed by atoms with Crippen molar-refractivity contribution in [2.45, 2.75) is 72.5 Å². The highest BCUT2D eigenvalue weighted by Gasteiger charge is 2.20. The molecular formula is C15H31N3. The van der Waals surface area contributed by atoms with E-state index in [0.29, 0.717) is 18.0 Å². The van der Waals surface area contributed by atoms with Gasteiger partial charge in [-0.2, -0.15) is 5.26 Å². The molecule has 1 unspecified atom stereocenters. The average molecular weight is 253 g/mol. The molecule has 0 aromatic carbocycles. The molecule has 0 radical (unpaired) electrons. The van der Waals surface area contributed by atoms with Crippen LogP contribution in [0.4, 0.5) is 0 Å². The van der Waals surface area contributed by atoms with Crippen LogP contribution in [0.1, 0.15) is 54.4 Å². The SMILES string of the molecule is CCC(CC)N(CC(C)C)CC(C#N)NC(C)C. The Hall–Kier alpha value is -0.590. The first-order valence-corrected chi connectivity index (χ1v) is 7.34. The minimum Gasteiger partial charge on any atom is -0.299 e. The summed E-state index contributed by atoms with van der Waals surface area (Å²) >= 11 is 0. The first kappa shape index (κ1) is 17.4. The summed E-state index contributed by atoms with van der Waals surface area (Å²) in [6.45, 7) is 15.0. The van der Waals surface area contributed by atoms with Crippen LogP contribution < -0.4 is 5.32 Å². The molecule has 0 fully saturated rings. The summed E-state index contributed by atoms with van der Waals surface area (Å²) in [6, 6.07) is 3.28. The Bertz CT molecular complexity index is 239. The molecule has 1 N–H and O–H groups in total. The van der Waals surface area contributed by atoms with Crippen molar-refractivity contribution in [2.24, 2.45) is 5.92 Å². The van der Waals surface area contributed by atoms with Crippen molar-refractivity contribution in [3.05, 3.63) is 0 Å². The third kappa shape index (κ3) is 6.98. The van der Waals surface area contributed by atoms with Gasteiger partial charge in [0.25, 0.3) is 0 Å². The number of rotatable bonds is 9. The number of nitrogens with zero attached hydrogens (tertiary/aromatic N) is 2. The fourth-order valence-electron chi connectivity index (χ4n) is 2.41. The first-order chi connectivity index (χ1) is 8.44. The second-order valence-corrected chi connectivity index (χ2v) is 5.82. The van der Waals surface area contributed by atoms with E-state index in [0.717, 1.165) is 25.9 Å². The maximum absolute atomic E-state index is 9.25. The number of hydrogen-bond donors (Lipinski definition) is 1. The highest BCUT2D eigenvalue weighted by Crippen LogP contribution is 2.12. The topological polar surface area (TPSA) is 39.1 Å². The highest BCUT2D eigenvalue weighted by atomic mass is 15.2. The van der Waals surface area contributed by atoms with Crippen LogP contribution in [0, 0.1) is 17.2 Å². The Morgan fingerprint density at radius 2 is 1.61 bits per heavy atom. The van der Waals surface area contributed by atoms with Crippen LogP contribution in [0.3, 0.4) is 0 Å². The second kappa shape index (κ2) is 9.35. The van der Waals surface area contributed by atoms with Gasteiger partial charge in [-0.25, -0.2) is 0 Å². The van der Waals surface area contributed by atoms with Crippen LogP contribution in [0.2, 0.25) is 0 Å². The molecule has 0 bridgehead atoms. The zero-order chi connectivity index (χ0) is 14.1. The quantitative estimate of drug-likeness (QED) is 0.686. The zero-order valence-electron chi connectivity index (χ0n) is 13.0. The Balaban J connectivity index is 4.59. The molecule has 0 spiro atoms. The number of nitriles is 1. The molecule has 0 heterocycles. The lowest BCUT2D eigenvalue weighted by molar-refractivity contribution is 0.156. The third-order valence-corrected chi connectivity index (χ3v) is 3.17. The van der Waals surface area contributed by atoms with E-state index in [9.17, 15) is 5.26 Å². The molecule has 0 aromatic rings. The first-order valence-electron chi connectivity index (χ1n) is 7.34. The Morgan fingerprint density at radius 1 is 1.06 bits per heavy atom. The predicted octanol–water partition coefficient (Wildman–Crippen LogP) is 3.02. The molecule has 106 valence electrons. The van der Waals surface area contributed by atoms with Crippen LogP contribution in [0.15, 0.2) is 0 Å². The van der Waals surface area contributed by atoms with Crippen LogP contribution in [-0.4, -0.2) is 36.1 Å². The smallest absolute Gasteiger partial charge is 0.108 e. The van der Waals surface area contributed by atoms with Gasteiger partial charge in [0.15, 0.2) is 0 Å². The van der Waals surface area contributed by atoms with Crippen molar-refractivity contribution < 1.29 is 0 Å². The molecule has 0 aliphatic carbocycles. The van der Waals surface area contributed by atoms with Gasteiger partial charge in [-0.1, -0.05) is 27.7 Å². The predicted molar refractivity (Wildman–Crippen MR) is 78.5 cm³/mol. The molecule has 0 rings (SSSR count). The molecule has 0 saturated heterocycles. The monoisotopic (exact) mass is 253 g/mol. The molecular weight excluding hydrogens is 222 g/mol. The van der Waals surface area contributed by atoms with Gasteiger partial charge in [0, 0.05) is 25.2 Å². The van der Waals surface area contributed by atoms with Crippen LogP contribution >= 0.6 is 0 Å². The fourth-order valence-corrected chi connectivity index (χ4v) is 2.41. The maximum atomic E-state index is 9.25. The summed E-state index contributed by atoms with van der Waals surface area (Å²) in [4.78, 5) is 2.48. The minimum absolute atomic E-state index is 0.0654. The van der Waals surface area contributed by atoms with E-state index in [4.69, 9.17) is 0 Å². The third-order valence-electron chi connectivity index (χ3n) is 3.17. The van der Waals surface area contributed by atoms with Gasteiger partial charge in [-0.3, -0.25) is 10.2 Å². The standard InChI is InChI=1S/C15H31N3/c1-7-15(8-2)18(10-12(3)4)11-14(9-16)17-13(5)6/h12-15,17H,7-8,10-11H2,1-6H3. The molecule has 3 heteroatoms. The lowest BCUT2D eigenvalue weighted by Crippen LogP contribution is -2.47. The number of hydrogen-bond acceptors (Lipinski definition) is 3. The summed E-state index contributed by atoms with van der Waals surface area (Å²) in [5, 5.41) is 12.6. The van der Waals surface area contributed by atoms with Gasteiger partial charge < -0.3 is 0 Å². The Labute approximate surface area is 114 Å². The van der Waals surface area contributed by atoms with E-state index < -0.39 is 0 Å². The lowest BCUT2D eigenvalue weighted by atomic mass is 10.1. The maximum Gasteiger partial charge on any atom is 0.108 e. The van der Waals surface area contributed by atoms with Gasteiger partial charge >= 0.3 is 0 Å². The van der Waals surface area contributed by atoms with Gasteiger partial charge in [0.2, 0.25) is 0 Å². The zero-order valence-corrected chi connectivity index (χ0v) is 13.0. The molecule has 0 aromatic heterocycles. The second-order valence-electron chi connectivity index (χ2n) is 5.82. The molecule has 1 atom stereocenters. The fraction of sp³-hybridized carbons (Fsp3) is 0.933. The van der Waals surface area contributed by atoms with E-state index >= 15 is 0 Å². The molecule has 0 saturated carbocycles. The van der Waals surface area contributed by atoms with Crippen molar-refractivity contribution in [1.29, 1.82) is 5.26 Å². The molecule has 0 aliphatic heterocycles. The van der Waals surface area contributed by atoms with E-state index in [1.807, 2.05) is 0 Å². The molecule has 0 aliphatic rings. The summed E-state index contributed by atoms with van der Waals surface area (Å²) in [7, 11) is 0. The van der Waals surface area contributed by atoms with Crippen molar-refractivity contribution in [3.63, 3.8) is 0 Å². The van der Waals surface area contributed by atoms with Crippen molar-refractivity contribution >= 4 is 0 Å². The summed E-state index contributed by atoms with van der Waals surface area (Å²) in [5.74, 6) is 0.643. The number of nitrogens with one attached hydrogen (secondary N) is 1. The normalized spacial score (nSPS) is 13.6. The molecule has 3 nitrogen and oxygen atoms in total. The van der Waals surface area contributed by atoms with Gasteiger partial charge in [0.05, 0.1) is 6.07 Å². The summed E-state index contributed by atoms with van der Waals surface area (Å²) in [5.41, 5.74) is 0. The van der Waals surface area contributed by atoms with Crippen molar-refractivity contribution in [3.8, 4) is 6.07 Å². The van der Waals surface area contributed by atoms with E-state index in [1.54, 1.807) is 0 Å². The Morgan fingerprint density at radius 3 is 1.94 bits per heavy atom. The Kier molecular flexibility index (Phi) is 9.05. The van der Waals surface area contributed by atoms with Gasteiger partial charge in [0.1, 0.15) is 6.04 Å².